The third-order valence-electron chi connectivity index (χ3n) is 5.25. The molecule has 2 N–H and O–H groups in total. The average molecular weight is 475 g/mol. The number of aromatic hydroxyl groups is 1. The molecule has 11 heteroatoms. The molecule has 4 aromatic heterocycles. The predicted octanol–water partition coefficient (Wildman–Crippen LogP) is 2.98. The van der Waals surface area contributed by atoms with Gasteiger partial charge in [-0.05, 0) is 44.2 Å². The lowest BCUT2D eigenvalue weighted by molar-refractivity contribution is 0.404. The molecule has 168 valence electrons. The smallest absolute Gasteiger partial charge is 0.155 e. The molecule has 5 rings (SSSR count). The van der Waals surface area contributed by atoms with Crippen LogP contribution in [0.2, 0.25) is 0 Å². The number of pyridine rings is 2. The Morgan fingerprint density at radius 1 is 0.969 bits per heavy atom. The molecule has 0 aliphatic carbocycles. The summed E-state index contributed by atoms with van der Waals surface area (Å²) in [5.74, 6) is 0.883. The van der Waals surface area contributed by atoms with Crippen molar-refractivity contribution in [3.05, 3.63) is 49.1 Å². The summed E-state index contributed by atoms with van der Waals surface area (Å²) in [5, 5.41) is 26.9. The van der Waals surface area contributed by atoms with Crippen LogP contribution in [0, 0.1) is 0 Å². The van der Waals surface area contributed by atoms with E-state index >= 15 is 0 Å². The zero-order valence-corrected chi connectivity index (χ0v) is 19.2. The molecule has 0 radical (unpaired) electrons. The summed E-state index contributed by atoms with van der Waals surface area (Å²) in [6, 6.07) is 10.0. The summed E-state index contributed by atoms with van der Waals surface area (Å²) < 4.78 is 1.68. The van der Waals surface area contributed by atoms with Gasteiger partial charge in [0.25, 0.3) is 0 Å². The number of anilines is 1. The Balaban J connectivity index is 0.00000144. The second-order valence-corrected chi connectivity index (χ2v) is 7.72. The number of halogens is 2. The maximum absolute atomic E-state index is 10.6. The van der Waals surface area contributed by atoms with Crippen molar-refractivity contribution in [2.45, 2.75) is 25.9 Å². The van der Waals surface area contributed by atoms with Crippen LogP contribution in [0.15, 0.2) is 49.1 Å². The van der Waals surface area contributed by atoms with E-state index in [-0.39, 0.29) is 30.6 Å². The predicted molar refractivity (Wildman–Crippen MR) is 128 cm³/mol. The quantitative estimate of drug-likeness (QED) is 0.466. The first-order valence-corrected chi connectivity index (χ1v) is 9.91. The zero-order chi connectivity index (χ0) is 20.7. The first-order chi connectivity index (χ1) is 14.6. The van der Waals surface area contributed by atoms with Gasteiger partial charge in [0.15, 0.2) is 11.5 Å². The van der Waals surface area contributed by atoms with Crippen LogP contribution in [0.5, 0.6) is 5.75 Å². The van der Waals surface area contributed by atoms with Crippen LogP contribution in [0.25, 0.3) is 28.2 Å². The number of fused-ring (bicyclic) bond motifs is 1. The zero-order valence-electron chi connectivity index (χ0n) is 17.6. The molecule has 0 aromatic carbocycles. The van der Waals surface area contributed by atoms with Crippen molar-refractivity contribution in [3.63, 3.8) is 0 Å². The minimum absolute atomic E-state index is 0. The molecule has 32 heavy (non-hydrogen) atoms. The molecule has 0 amide bonds. The van der Waals surface area contributed by atoms with E-state index in [9.17, 15) is 5.11 Å². The summed E-state index contributed by atoms with van der Waals surface area (Å²) in [7, 11) is 0. The van der Waals surface area contributed by atoms with Crippen molar-refractivity contribution < 1.29 is 5.11 Å². The van der Waals surface area contributed by atoms with E-state index < -0.39 is 0 Å². The van der Waals surface area contributed by atoms with E-state index in [1.165, 1.54) is 6.33 Å². The molecule has 0 unspecified atom stereocenters. The van der Waals surface area contributed by atoms with Gasteiger partial charge in [-0.25, -0.2) is 14.5 Å². The number of aromatic nitrogens is 6. The molecule has 0 saturated carbocycles. The van der Waals surface area contributed by atoms with Gasteiger partial charge < -0.3 is 15.3 Å². The maximum Gasteiger partial charge on any atom is 0.155 e. The monoisotopic (exact) mass is 474 g/mol. The second kappa shape index (κ2) is 9.64. The number of hydrogen-bond acceptors (Lipinski definition) is 8. The average Bonchev–Trinajstić information content (AvgIpc) is 3.21. The highest BCUT2D eigenvalue weighted by atomic mass is 35.5. The standard InChI is InChI=1S/C21H22N8O.2ClH/c1-13-9-28(10-14(2)25-13)20-6-4-17(26-27-20)21-18(30)7-16(8-22-21)15-3-5-19-23-12-24-29(19)11-15;;/h3-8,11-14,25,30H,9-10H2,1-2H3;2*1H/t13-,14+;;. The summed E-state index contributed by atoms with van der Waals surface area (Å²) in [4.78, 5) is 10.8. The van der Waals surface area contributed by atoms with Gasteiger partial charge in [-0.1, -0.05) is 0 Å². The van der Waals surface area contributed by atoms with Gasteiger partial charge >= 0.3 is 0 Å². The summed E-state index contributed by atoms with van der Waals surface area (Å²) in [6.45, 7) is 6.09. The number of nitrogens with one attached hydrogen (secondary N) is 1. The highest BCUT2D eigenvalue weighted by Crippen LogP contribution is 2.30. The minimum atomic E-state index is 0. The topological polar surface area (TPSA) is 104 Å². The Hall–Kier alpha value is -3.01. The summed E-state index contributed by atoms with van der Waals surface area (Å²) in [5.41, 5.74) is 3.36. The van der Waals surface area contributed by atoms with Gasteiger partial charge in [-0.2, -0.15) is 5.10 Å². The van der Waals surface area contributed by atoms with Crippen molar-refractivity contribution in [2.24, 2.45) is 0 Å². The lowest BCUT2D eigenvalue weighted by Gasteiger charge is -2.36. The van der Waals surface area contributed by atoms with Crippen LogP contribution < -0.4 is 10.2 Å². The van der Waals surface area contributed by atoms with Crippen molar-refractivity contribution >= 4 is 36.3 Å². The van der Waals surface area contributed by atoms with Crippen LogP contribution in [0.3, 0.4) is 0 Å². The molecule has 9 nitrogen and oxygen atoms in total. The molecular weight excluding hydrogens is 451 g/mol. The first kappa shape index (κ1) is 23.6. The van der Waals surface area contributed by atoms with Crippen molar-refractivity contribution in [1.29, 1.82) is 0 Å². The fraction of sp³-hybridized carbons (Fsp3) is 0.286. The molecule has 2 atom stereocenters. The van der Waals surface area contributed by atoms with Crippen LogP contribution in [0.4, 0.5) is 5.82 Å². The number of nitrogens with zero attached hydrogens (tertiary/aromatic N) is 7. The minimum Gasteiger partial charge on any atom is -0.506 e. The van der Waals surface area contributed by atoms with Crippen molar-refractivity contribution in [3.8, 4) is 28.3 Å². The molecule has 1 aliphatic rings. The molecular formula is C21H24Cl2N8O. The van der Waals surface area contributed by atoms with E-state index in [1.54, 1.807) is 16.8 Å². The van der Waals surface area contributed by atoms with E-state index in [2.05, 4.69) is 49.3 Å². The highest BCUT2D eigenvalue weighted by molar-refractivity contribution is 5.85. The lowest BCUT2D eigenvalue weighted by Crippen LogP contribution is -2.54. The summed E-state index contributed by atoms with van der Waals surface area (Å²) >= 11 is 0. The SMILES string of the molecule is C[C@@H]1CN(c2ccc(-c3ncc(-c4ccc5ncnn5c4)cc3O)nn2)C[C@H](C)N1.Cl.Cl. The molecule has 1 aliphatic heterocycles. The fourth-order valence-electron chi connectivity index (χ4n) is 3.93. The fourth-order valence-corrected chi connectivity index (χ4v) is 3.93. The van der Waals surface area contributed by atoms with E-state index in [0.29, 0.717) is 23.5 Å². The Morgan fingerprint density at radius 3 is 2.44 bits per heavy atom. The Morgan fingerprint density at radius 2 is 1.75 bits per heavy atom. The highest BCUT2D eigenvalue weighted by Gasteiger charge is 2.22. The van der Waals surface area contributed by atoms with E-state index in [1.807, 2.05) is 30.5 Å². The number of rotatable bonds is 3. The van der Waals surface area contributed by atoms with Crippen molar-refractivity contribution in [2.75, 3.05) is 18.0 Å². The first-order valence-electron chi connectivity index (χ1n) is 9.91. The molecule has 1 fully saturated rings. The largest absolute Gasteiger partial charge is 0.506 e. The molecule has 0 bridgehead atoms. The van der Waals surface area contributed by atoms with E-state index in [4.69, 9.17) is 0 Å². The lowest BCUT2D eigenvalue weighted by atomic mass is 10.1. The normalized spacial score (nSPS) is 18.1. The van der Waals surface area contributed by atoms with Gasteiger partial charge in [-0.3, -0.25) is 0 Å². The van der Waals surface area contributed by atoms with Crippen molar-refractivity contribution in [1.82, 2.24) is 35.1 Å². The summed E-state index contributed by atoms with van der Waals surface area (Å²) in [6.07, 6.45) is 5.06. The van der Waals surface area contributed by atoms with E-state index in [0.717, 1.165) is 35.7 Å². The molecule has 4 aromatic rings. The van der Waals surface area contributed by atoms with Gasteiger partial charge in [0.1, 0.15) is 23.5 Å². The van der Waals surface area contributed by atoms with Crippen LogP contribution >= 0.6 is 24.8 Å². The molecule has 5 heterocycles. The van der Waals surface area contributed by atoms with Crippen LogP contribution in [-0.2, 0) is 0 Å². The van der Waals surface area contributed by atoms with Crippen LogP contribution in [-0.4, -0.2) is 60.1 Å². The van der Waals surface area contributed by atoms with Gasteiger partial charge in [0.05, 0.1) is 0 Å². The molecule has 1 saturated heterocycles. The second-order valence-electron chi connectivity index (χ2n) is 7.72. The number of piperazine rings is 1. The van der Waals surface area contributed by atoms with Gasteiger partial charge in [0.2, 0.25) is 0 Å². The maximum atomic E-state index is 10.6. The Kier molecular flexibility index (Phi) is 7.12. The Labute approximate surface area is 197 Å². The van der Waals surface area contributed by atoms with Gasteiger partial charge in [0, 0.05) is 48.7 Å². The third kappa shape index (κ3) is 4.59. The van der Waals surface area contributed by atoms with Crippen LogP contribution in [0.1, 0.15) is 13.8 Å². The molecule has 0 spiro atoms. The van der Waals surface area contributed by atoms with Gasteiger partial charge in [-0.15, -0.1) is 35.0 Å². The third-order valence-corrected chi connectivity index (χ3v) is 5.25. The number of hydrogen-bond donors (Lipinski definition) is 2. The Bertz CT molecular complexity index is 1190.